The van der Waals surface area contributed by atoms with E-state index in [9.17, 15) is 9.59 Å². The van der Waals surface area contributed by atoms with Crippen molar-refractivity contribution < 1.29 is 4.42 Å². The summed E-state index contributed by atoms with van der Waals surface area (Å²) in [5, 5.41) is 0.520. The second-order valence-electron chi connectivity index (χ2n) is 7.04. The maximum Gasteiger partial charge on any atom is 0.257 e. The Bertz CT molecular complexity index is 1180. The van der Waals surface area contributed by atoms with Gasteiger partial charge in [-0.25, -0.2) is 4.98 Å². The minimum absolute atomic E-state index is 0.117. The third-order valence-electron chi connectivity index (χ3n) is 5.18. The molecule has 0 atom stereocenters. The van der Waals surface area contributed by atoms with Crippen molar-refractivity contribution in [2.24, 2.45) is 0 Å². The van der Waals surface area contributed by atoms with Crippen LogP contribution >= 0.6 is 0 Å². The van der Waals surface area contributed by atoms with Gasteiger partial charge in [0.2, 0.25) is 5.95 Å². The van der Waals surface area contributed by atoms with E-state index in [4.69, 9.17) is 15.9 Å². The summed E-state index contributed by atoms with van der Waals surface area (Å²) in [6.07, 6.45) is 0.584. The lowest BCUT2D eigenvalue weighted by atomic mass is 10.0. The summed E-state index contributed by atoms with van der Waals surface area (Å²) in [6, 6.07) is 3.67. The molecule has 0 saturated carbocycles. The third-order valence-corrected chi connectivity index (χ3v) is 5.18. The van der Waals surface area contributed by atoms with Crippen molar-refractivity contribution in [2.75, 3.05) is 18.0 Å². The number of aromatic amines is 1. The lowest BCUT2D eigenvalue weighted by Crippen LogP contribution is -2.36. The zero-order valence-corrected chi connectivity index (χ0v) is 15.3. The number of fused-ring (bicyclic) bond motifs is 2. The molecule has 8 nitrogen and oxygen atoms in total. The number of nitrogen functional groups attached to an aromatic ring is 2. The molecule has 1 aliphatic heterocycles. The number of hydrogen-bond acceptors (Lipinski definition) is 7. The first-order valence-corrected chi connectivity index (χ1v) is 8.76. The standard InChI is InChI=1S/C19H21N5O3/c1-9-5-11-15(6-10(9)2)27-17(20)13(16(11)25)8-24-4-3-14-12(7-24)18(26)23-19(21)22-14/h5-6H,3-4,7-8,20H2,1-2H3,(H3,21,22,23,26). The molecule has 0 fully saturated rings. The molecule has 0 radical (unpaired) electrons. The Morgan fingerprint density at radius 2 is 1.96 bits per heavy atom. The van der Waals surface area contributed by atoms with Crippen molar-refractivity contribution >= 4 is 22.8 Å². The zero-order valence-electron chi connectivity index (χ0n) is 15.3. The van der Waals surface area contributed by atoms with Gasteiger partial charge in [-0.3, -0.25) is 19.5 Å². The molecular weight excluding hydrogens is 346 g/mol. The molecule has 0 saturated heterocycles. The lowest BCUT2D eigenvalue weighted by Gasteiger charge is -2.27. The minimum Gasteiger partial charge on any atom is -0.440 e. The van der Waals surface area contributed by atoms with Gasteiger partial charge in [0.25, 0.3) is 5.56 Å². The summed E-state index contributed by atoms with van der Waals surface area (Å²) in [4.78, 5) is 33.8. The third kappa shape index (κ3) is 2.97. The number of H-pyrrole nitrogens is 1. The van der Waals surface area contributed by atoms with E-state index in [1.54, 1.807) is 0 Å². The van der Waals surface area contributed by atoms with Gasteiger partial charge in [0.05, 0.1) is 22.2 Å². The van der Waals surface area contributed by atoms with E-state index in [2.05, 4.69) is 9.97 Å². The number of benzene rings is 1. The second-order valence-corrected chi connectivity index (χ2v) is 7.04. The summed E-state index contributed by atoms with van der Waals surface area (Å²) in [6.45, 7) is 5.24. The molecule has 8 heteroatoms. The first kappa shape index (κ1) is 17.3. The molecule has 27 heavy (non-hydrogen) atoms. The normalized spacial score (nSPS) is 14.4. The van der Waals surface area contributed by atoms with Gasteiger partial charge >= 0.3 is 0 Å². The molecule has 0 amide bonds. The van der Waals surface area contributed by atoms with Crippen LogP contribution in [0.15, 0.2) is 26.1 Å². The van der Waals surface area contributed by atoms with Gasteiger partial charge in [0.1, 0.15) is 5.58 Å². The number of anilines is 2. The van der Waals surface area contributed by atoms with E-state index in [0.717, 1.165) is 11.1 Å². The van der Waals surface area contributed by atoms with Crippen molar-refractivity contribution in [3.8, 4) is 0 Å². The number of aryl methyl sites for hydroxylation is 2. The highest BCUT2D eigenvalue weighted by molar-refractivity contribution is 5.80. The highest BCUT2D eigenvalue weighted by atomic mass is 16.3. The van der Waals surface area contributed by atoms with Crippen LogP contribution in [0.3, 0.4) is 0 Å². The summed E-state index contributed by atoms with van der Waals surface area (Å²) in [5.41, 5.74) is 15.5. The zero-order chi connectivity index (χ0) is 19.3. The maximum atomic E-state index is 13.0. The number of aromatic nitrogens is 2. The van der Waals surface area contributed by atoms with Crippen LogP contribution in [0.2, 0.25) is 0 Å². The second kappa shape index (κ2) is 6.24. The summed E-state index contributed by atoms with van der Waals surface area (Å²) < 4.78 is 5.71. The van der Waals surface area contributed by atoms with Crippen LogP contribution in [0.4, 0.5) is 11.8 Å². The van der Waals surface area contributed by atoms with Gasteiger partial charge in [0.15, 0.2) is 11.3 Å². The molecule has 0 aliphatic carbocycles. The van der Waals surface area contributed by atoms with Crippen LogP contribution < -0.4 is 22.5 Å². The molecule has 0 spiro atoms. The van der Waals surface area contributed by atoms with Crippen molar-refractivity contribution in [3.05, 3.63) is 60.7 Å². The average molecular weight is 367 g/mol. The van der Waals surface area contributed by atoms with E-state index in [1.807, 2.05) is 30.9 Å². The van der Waals surface area contributed by atoms with Crippen LogP contribution in [0.1, 0.15) is 27.9 Å². The molecule has 0 bridgehead atoms. The van der Waals surface area contributed by atoms with E-state index < -0.39 is 0 Å². The van der Waals surface area contributed by atoms with E-state index >= 15 is 0 Å². The van der Waals surface area contributed by atoms with E-state index in [1.165, 1.54) is 0 Å². The topological polar surface area (TPSA) is 131 Å². The molecule has 4 rings (SSSR count). The monoisotopic (exact) mass is 367 g/mol. The van der Waals surface area contributed by atoms with Crippen LogP contribution in [-0.2, 0) is 19.5 Å². The van der Waals surface area contributed by atoms with E-state index in [0.29, 0.717) is 53.8 Å². The number of nitrogens with zero attached hydrogens (tertiary/aromatic N) is 2. The number of nitrogens with one attached hydrogen (secondary N) is 1. The molecule has 1 aliphatic rings. The fourth-order valence-corrected chi connectivity index (χ4v) is 3.51. The highest BCUT2D eigenvalue weighted by Gasteiger charge is 2.23. The molecule has 2 aromatic heterocycles. The molecule has 0 unspecified atom stereocenters. The Kier molecular flexibility index (Phi) is 4.00. The molecular formula is C19H21N5O3. The Labute approximate surface area is 154 Å². The van der Waals surface area contributed by atoms with Gasteiger partial charge in [0, 0.05) is 26.1 Å². The maximum absolute atomic E-state index is 13.0. The lowest BCUT2D eigenvalue weighted by molar-refractivity contribution is 0.240. The molecule has 3 aromatic rings. The fraction of sp³-hybridized carbons (Fsp3) is 0.316. The average Bonchev–Trinajstić information content (AvgIpc) is 2.61. The van der Waals surface area contributed by atoms with Crippen LogP contribution in [0.5, 0.6) is 0 Å². The Morgan fingerprint density at radius 1 is 1.22 bits per heavy atom. The van der Waals surface area contributed by atoms with Crippen LogP contribution in [0.25, 0.3) is 11.0 Å². The van der Waals surface area contributed by atoms with Crippen molar-refractivity contribution in [3.63, 3.8) is 0 Å². The van der Waals surface area contributed by atoms with Gasteiger partial charge in [-0.1, -0.05) is 0 Å². The molecule has 5 N–H and O–H groups in total. The van der Waals surface area contributed by atoms with Crippen LogP contribution in [0, 0.1) is 13.8 Å². The largest absolute Gasteiger partial charge is 0.440 e. The van der Waals surface area contributed by atoms with Gasteiger partial charge in [-0.05, 0) is 37.1 Å². The Balaban J connectivity index is 1.71. The quantitative estimate of drug-likeness (QED) is 0.620. The summed E-state index contributed by atoms with van der Waals surface area (Å²) >= 11 is 0. The van der Waals surface area contributed by atoms with E-state index in [-0.39, 0.29) is 22.8 Å². The van der Waals surface area contributed by atoms with Crippen molar-refractivity contribution in [2.45, 2.75) is 33.4 Å². The Morgan fingerprint density at radius 3 is 2.74 bits per heavy atom. The molecule has 1 aromatic carbocycles. The number of hydrogen-bond donors (Lipinski definition) is 3. The van der Waals surface area contributed by atoms with Gasteiger partial charge in [-0.15, -0.1) is 0 Å². The number of nitrogens with two attached hydrogens (primary N) is 2. The first-order valence-electron chi connectivity index (χ1n) is 8.76. The summed E-state index contributed by atoms with van der Waals surface area (Å²) in [5.74, 6) is 0.239. The molecule has 3 heterocycles. The smallest absolute Gasteiger partial charge is 0.257 e. The van der Waals surface area contributed by atoms with Crippen molar-refractivity contribution in [1.82, 2.24) is 14.9 Å². The minimum atomic E-state index is -0.244. The van der Waals surface area contributed by atoms with Gasteiger partial charge in [-0.2, -0.15) is 0 Å². The highest BCUT2D eigenvalue weighted by Crippen LogP contribution is 2.23. The fourth-order valence-electron chi connectivity index (χ4n) is 3.51. The first-order chi connectivity index (χ1) is 12.8. The predicted octanol–water partition coefficient (Wildman–Crippen LogP) is 1.22. The molecule has 140 valence electrons. The predicted molar refractivity (Wildman–Crippen MR) is 103 cm³/mol. The van der Waals surface area contributed by atoms with Crippen LogP contribution in [-0.4, -0.2) is 21.4 Å². The van der Waals surface area contributed by atoms with Crippen molar-refractivity contribution in [1.29, 1.82) is 0 Å². The van der Waals surface area contributed by atoms with Gasteiger partial charge < -0.3 is 15.9 Å². The number of rotatable bonds is 2. The SMILES string of the molecule is Cc1cc2oc(N)c(CN3CCc4nc(N)[nH]c(=O)c4C3)c(=O)c2cc1C. The summed E-state index contributed by atoms with van der Waals surface area (Å²) in [7, 11) is 0. The Hall–Kier alpha value is -3.13.